The molecule has 1 N–H and O–H groups in total. The molecule has 1 aromatic carbocycles. The Morgan fingerprint density at radius 1 is 1.33 bits per heavy atom. The molecule has 6 heteroatoms. The summed E-state index contributed by atoms with van der Waals surface area (Å²) in [5.74, 6) is -2.20. The van der Waals surface area contributed by atoms with E-state index < -0.39 is 11.9 Å². The number of carboxylic acids is 1. The molecule has 1 atom stereocenters. The van der Waals surface area contributed by atoms with Gasteiger partial charge in [-0.1, -0.05) is 12.1 Å². The number of carbonyl (C=O) groups is 1. The van der Waals surface area contributed by atoms with Gasteiger partial charge in [0.1, 0.15) is 11.7 Å². The fraction of sp³-hybridized carbons (Fsp3) is 0.133. The monoisotopic (exact) mass is 285 g/mol. The van der Waals surface area contributed by atoms with Crippen molar-refractivity contribution in [3.63, 3.8) is 0 Å². The third-order valence-corrected chi connectivity index (χ3v) is 3.26. The van der Waals surface area contributed by atoms with Crippen molar-refractivity contribution in [1.29, 1.82) is 0 Å². The molecule has 0 aliphatic carbocycles. The SMILES string of the molecule is O=C(O)C(Cc1cccc(F)c1)c1ccn2nccc2n1. The molecule has 0 aliphatic rings. The first-order chi connectivity index (χ1) is 10.1. The topological polar surface area (TPSA) is 67.5 Å². The summed E-state index contributed by atoms with van der Waals surface area (Å²) in [4.78, 5) is 15.8. The Bertz CT molecular complexity index is 800. The maximum Gasteiger partial charge on any atom is 0.312 e. The Hall–Kier alpha value is -2.76. The van der Waals surface area contributed by atoms with Crippen LogP contribution < -0.4 is 0 Å². The van der Waals surface area contributed by atoms with Crippen molar-refractivity contribution >= 4 is 11.6 Å². The van der Waals surface area contributed by atoms with Gasteiger partial charge in [0, 0.05) is 12.3 Å². The first-order valence-corrected chi connectivity index (χ1v) is 6.41. The summed E-state index contributed by atoms with van der Waals surface area (Å²) < 4.78 is 14.8. The van der Waals surface area contributed by atoms with E-state index in [1.165, 1.54) is 12.1 Å². The predicted molar refractivity (Wildman–Crippen MR) is 73.5 cm³/mol. The number of halogens is 1. The van der Waals surface area contributed by atoms with Crippen molar-refractivity contribution in [2.45, 2.75) is 12.3 Å². The van der Waals surface area contributed by atoms with E-state index in [1.54, 1.807) is 41.2 Å². The minimum Gasteiger partial charge on any atom is -0.481 e. The van der Waals surface area contributed by atoms with Gasteiger partial charge in [-0.25, -0.2) is 13.9 Å². The summed E-state index contributed by atoms with van der Waals surface area (Å²) in [5.41, 5.74) is 1.63. The van der Waals surface area contributed by atoms with Crippen molar-refractivity contribution in [1.82, 2.24) is 14.6 Å². The van der Waals surface area contributed by atoms with Crippen LogP contribution in [0.5, 0.6) is 0 Å². The lowest BCUT2D eigenvalue weighted by molar-refractivity contribution is -0.138. The summed E-state index contributed by atoms with van der Waals surface area (Å²) >= 11 is 0. The highest BCUT2D eigenvalue weighted by Crippen LogP contribution is 2.20. The lowest BCUT2D eigenvalue weighted by Crippen LogP contribution is -2.16. The van der Waals surface area contributed by atoms with Crippen LogP contribution in [-0.4, -0.2) is 25.7 Å². The molecule has 1 unspecified atom stereocenters. The Kier molecular flexibility index (Phi) is 3.35. The summed E-state index contributed by atoms with van der Waals surface area (Å²) in [6.07, 6.45) is 3.44. The van der Waals surface area contributed by atoms with Crippen molar-refractivity contribution in [3.05, 3.63) is 65.9 Å². The average Bonchev–Trinajstić information content (AvgIpc) is 2.92. The van der Waals surface area contributed by atoms with Crippen LogP contribution in [0.2, 0.25) is 0 Å². The van der Waals surface area contributed by atoms with Gasteiger partial charge in [-0.15, -0.1) is 0 Å². The summed E-state index contributed by atoms with van der Waals surface area (Å²) in [6.45, 7) is 0. The minimum atomic E-state index is -0.990. The quantitative estimate of drug-likeness (QED) is 0.798. The molecule has 3 aromatic rings. The molecule has 2 heterocycles. The highest BCUT2D eigenvalue weighted by molar-refractivity contribution is 5.76. The van der Waals surface area contributed by atoms with Crippen LogP contribution in [0, 0.1) is 5.82 Å². The van der Waals surface area contributed by atoms with E-state index in [0.717, 1.165) is 0 Å². The lowest BCUT2D eigenvalue weighted by Gasteiger charge is -2.12. The van der Waals surface area contributed by atoms with Crippen LogP contribution in [0.3, 0.4) is 0 Å². The van der Waals surface area contributed by atoms with Crippen molar-refractivity contribution in [2.75, 3.05) is 0 Å². The number of aliphatic carboxylic acids is 1. The van der Waals surface area contributed by atoms with Crippen LogP contribution in [0.15, 0.2) is 48.8 Å². The summed E-state index contributed by atoms with van der Waals surface area (Å²) in [5, 5.41) is 13.4. The summed E-state index contributed by atoms with van der Waals surface area (Å²) in [7, 11) is 0. The van der Waals surface area contributed by atoms with E-state index in [-0.39, 0.29) is 12.2 Å². The molecule has 0 amide bonds. The molecule has 0 saturated heterocycles. The third-order valence-electron chi connectivity index (χ3n) is 3.26. The maximum absolute atomic E-state index is 13.2. The largest absolute Gasteiger partial charge is 0.481 e. The van der Waals surface area contributed by atoms with E-state index in [0.29, 0.717) is 16.9 Å². The van der Waals surface area contributed by atoms with Gasteiger partial charge < -0.3 is 5.11 Å². The van der Waals surface area contributed by atoms with Gasteiger partial charge in [-0.3, -0.25) is 4.79 Å². The second kappa shape index (κ2) is 5.32. The zero-order valence-corrected chi connectivity index (χ0v) is 11.0. The fourth-order valence-corrected chi connectivity index (χ4v) is 2.24. The molecule has 0 fully saturated rings. The zero-order valence-electron chi connectivity index (χ0n) is 11.0. The molecule has 21 heavy (non-hydrogen) atoms. The number of hydrogen-bond donors (Lipinski definition) is 1. The molecule has 3 rings (SSSR count). The number of fused-ring (bicyclic) bond motifs is 1. The smallest absolute Gasteiger partial charge is 0.312 e. The molecular weight excluding hydrogens is 273 g/mol. The molecule has 5 nitrogen and oxygen atoms in total. The molecule has 0 spiro atoms. The Morgan fingerprint density at radius 2 is 2.19 bits per heavy atom. The van der Waals surface area contributed by atoms with E-state index in [1.807, 2.05) is 0 Å². The van der Waals surface area contributed by atoms with Crippen molar-refractivity contribution in [2.24, 2.45) is 0 Å². The number of aromatic nitrogens is 3. The van der Waals surface area contributed by atoms with Crippen LogP contribution in [0.1, 0.15) is 17.2 Å². The number of hydrogen-bond acceptors (Lipinski definition) is 3. The van der Waals surface area contributed by atoms with Crippen LogP contribution in [-0.2, 0) is 11.2 Å². The first-order valence-electron chi connectivity index (χ1n) is 6.41. The minimum absolute atomic E-state index is 0.185. The normalized spacial score (nSPS) is 12.4. The number of rotatable bonds is 4. The standard InChI is InChI=1S/C15H12FN3O2/c16-11-3-1-2-10(8-11)9-12(15(20)21)13-5-7-19-14(18-13)4-6-17-19/h1-8,12H,9H2,(H,20,21). The number of nitrogens with zero attached hydrogens (tertiary/aromatic N) is 3. The number of benzene rings is 1. The number of carboxylic acid groups (broad SMARTS) is 1. The van der Waals surface area contributed by atoms with Crippen LogP contribution in [0.4, 0.5) is 4.39 Å². The van der Waals surface area contributed by atoms with Crippen molar-refractivity contribution < 1.29 is 14.3 Å². The highest BCUT2D eigenvalue weighted by atomic mass is 19.1. The van der Waals surface area contributed by atoms with E-state index in [9.17, 15) is 14.3 Å². The Morgan fingerprint density at radius 3 is 2.95 bits per heavy atom. The molecule has 0 saturated carbocycles. The lowest BCUT2D eigenvalue weighted by atomic mass is 9.96. The first kappa shape index (κ1) is 13.2. The van der Waals surface area contributed by atoms with E-state index in [4.69, 9.17) is 0 Å². The molecule has 0 radical (unpaired) electrons. The highest BCUT2D eigenvalue weighted by Gasteiger charge is 2.22. The van der Waals surface area contributed by atoms with Gasteiger partial charge in [-0.2, -0.15) is 5.10 Å². The van der Waals surface area contributed by atoms with Crippen LogP contribution in [0.25, 0.3) is 5.65 Å². The Balaban J connectivity index is 1.95. The van der Waals surface area contributed by atoms with Gasteiger partial charge in [-0.05, 0) is 30.2 Å². The second-order valence-corrected chi connectivity index (χ2v) is 4.71. The van der Waals surface area contributed by atoms with Gasteiger partial charge in [0.2, 0.25) is 0 Å². The van der Waals surface area contributed by atoms with Crippen molar-refractivity contribution in [3.8, 4) is 0 Å². The third kappa shape index (κ3) is 2.74. The fourth-order valence-electron chi connectivity index (χ4n) is 2.24. The van der Waals surface area contributed by atoms with Gasteiger partial charge in [0.15, 0.2) is 5.65 Å². The second-order valence-electron chi connectivity index (χ2n) is 4.71. The van der Waals surface area contributed by atoms with Gasteiger partial charge >= 0.3 is 5.97 Å². The predicted octanol–water partition coefficient (Wildman–Crippen LogP) is 2.28. The molecule has 2 aromatic heterocycles. The maximum atomic E-state index is 13.2. The zero-order chi connectivity index (χ0) is 14.8. The Labute approximate surface area is 119 Å². The van der Waals surface area contributed by atoms with Gasteiger partial charge in [0.05, 0.1) is 11.9 Å². The molecule has 0 bridgehead atoms. The molecule has 106 valence electrons. The van der Waals surface area contributed by atoms with Crippen LogP contribution >= 0.6 is 0 Å². The average molecular weight is 285 g/mol. The van der Waals surface area contributed by atoms with Gasteiger partial charge in [0.25, 0.3) is 0 Å². The van der Waals surface area contributed by atoms with E-state index >= 15 is 0 Å². The molecule has 0 aliphatic heterocycles. The summed E-state index contributed by atoms with van der Waals surface area (Å²) in [6, 6.07) is 9.26. The molecular formula is C15H12FN3O2. The van der Waals surface area contributed by atoms with E-state index in [2.05, 4.69) is 10.1 Å².